The third-order valence-corrected chi connectivity index (χ3v) is 8.67. The molecule has 1 heterocycles. The zero-order valence-electron chi connectivity index (χ0n) is 19.9. The fourth-order valence-electron chi connectivity index (χ4n) is 4.90. The number of hydrogen-bond donors (Lipinski definition) is 0. The first kappa shape index (κ1) is 24.3. The Morgan fingerprint density at radius 2 is 1.81 bits per heavy atom. The molecule has 0 aromatic heterocycles. The Hall–Kier alpha value is -3.42. The molecule has 2 unspecified atom stereocenters. The van der Waals surface area contributed by atoms with Gasteiger partial charge in [-0.3, -0.25) is 9.30 Å². The maximum Gasteiger partial charge on any atom is 0.339 e. The third kappa shape index (κ3) is 3.92. The second-order valence-electron chi connectivity index (χ2n) is 8.87. The van der Waals surface area contributed by atoms with Gasteiger partial charge in [-0.05, 0) is 66.5 Å². The second kappa shape index (κ2) is 9.22. The molecular weight excluding hydrogens is 496 g/mol. The summed E-state index contributed by atoms with van der Waals surface area (Å²) in [5.41, 5.74) is 2.78. The minimum absolute atomic E-state index is 0.0491. The largest absolute Gasteiger partial charge is 0.464 e. The van der Waals surface area contributed by atoms with Crippen molar-refractivity contribution >= 4 is 45.6 Å². The Kier molecular flexibility index (Phi) is 6.22. The van der Waals surface area contributed by atoms with Crippen LogP contribution in [-0.4, -0.2) is 43.7 Å². The van der Waals surface area contributed by atoms with E-state index in [0.717, 1.165) is 22.3 Å². The van der Waals surface area contributed by atoms with E-state index in [1.807, 2.05) is 49.4 Å². The van der Waals surface area contributed by atoms with Crippen molar-refractivity contribution in [2.75, 3.05) is 13.2 Å². The first-order valence-electron chi connectivity index (χ1n) is 11.7. The minimum atomic E-state index is -3.87. The van der Waals surface area contributed by atoms with Crippen molar-refractivity contribution in [1.29, 1.82) is 0 Å². The topological polar surface area (TPSA) is 76.0 Å². The van der Waals surface area contributed by atoms with Gasteiger partial charge in [0.15, 0.2) is 5.54 Å². The normalized spacial score (nSPS) is 21.8. The van der Waals surface area contributed by atoms with Crippen LogP contribution in [0.15, 0.2) is 82.7 Å². The number of esters is 1. The molecule has 0 saturated carbocycles. The van der Waals surface area contributed by atoms with Gasteiger partial charge in [-0.15, -0.1) is 0 Å². The fourth-order valence-corrected chi connectivity index (χ4v) is 6.30. The lowest BCUT2D eigenvalue weighted by Gasteiger charge is -2.38. The van der Waals surface area contributed by atoms with Crippen molar-refractivity contribution in [3.05, 3.63) is 100 Å². The number of nitrogens with zero attached hydrogens (tertiary/aromatic N) is 2. The molecule has 1 aliphatic heterocycles. The van der Waals surface area contributed by atoms with Crippen molar-refractivity contribution in [2.24, 2.45) is 4.99 Å². The standard InChI is InChI=1S/C28H25ClN2O4S/c1-3-35-27(32)28-25(16-20-10-12-21(29)13-11-20)23-6-4-5-7-24(23)26(28)17-31(18-30-28)36(33,34)22-14-8-19(2)9-15-22/h4-16,18,26H,3,17H2,1-2H3/b25-16-. The van der Waals surface area contributed by atoms with E-state index in [9.17, 15) is 13.2 Å². The lowest BCUT2D eigenvalue weighted by Crippen LogP contribution is -2.51. The molecular formula is C28H25ClN2O4S. The van der Waals surface area contributed by atoms with Crippen LogP contribution in [0.5, 0.6) is 0 Å². The first-order valence-corrected chi connectivity index (χ1v) is 13.5. The molecule has 0 saturated heterocycles. The molecule has 5 rings (SSSR count). The number of sulfonamides is 1. The molecule has 1 aliphatic carbocycles. The number of benzene rings is 3. The van der Waals surface area contributed by atoms with Crippen LogP contribution in [0, 0.1) is 6.92 Å². The van der Waals surface area contributed by atoms with Crippen LogP contribution in [0.2, 0.25) is 5.02 Å². The highest BCUT2D eigenvalue weighted by atomic mass is 35.5. The van der Waals surface area contributed by atoms with Crippen LogP contribution in [0.25, 0.3) is 11.6 Å². The predicted octanol–water partition coefficient (Wildman–Crippen LogP) is 5.32. The summed E-state index contributed by atoms with van der Waals surface area (Å²) >= 11 is 6.08. The molecule has 0 bridgehead atoms. The number of rotatable bonds is 5. The summed E-state index contributed by atoms with van der Waals surface area (Å²) in [5, 5.41) is 0.606. The van der Waals surface area contributed by atoms with Gasteiger partial charge in [0.2, 0.25) is 0 Å². The van der Waals surface area contributed by atoms with E-state index in [1.165, 1.54) is 10.6 Å². The summed E-state index contributed by atoms with van der Waals surface area (Å²) in [6, 6.07) is 21.6. The Morgan fingerprint density at radius 3 is 2.50 bits per heavy atom. The van der Waals surface area contributed by atoms with Crippen molar-refractivity contribution < 1.29 is 17.9 Å². The number of aliphatic imine (C=N–C) groups is 1. The van der Waals surface area contributed by atoms with Gasteiger partial charge in [-0.2, -0.15) is 0 Å². The van der Waals surface area contributed by atoms with E-state index in [4.69, 9.17) is 21.3 Å². The van der Waals surface area contributed by atoms with Crippen molar-refractivity contribution in [2.45, 2.75) is 30.2 Å². The van der Waals surface area contributed by atoms with Crippen LogP contribution in [0.3, 0.4) is 0 Å². The quantitative estimate of drug-likeness (QED) is 0.427. The average Bonchev–Trinajstić information content (AvgIpc) is 3.16. The smallest absolute Gasteiger partial charge is 0.339 e. The molecule has 0 fully saturated rings. The molecule has 3 aromatic carbocycles. The summed E-state index contributed by atoms with van der Waals surface area (Å²) in [5.74, 6) is -1.06. The molecule has 0 radical (unpaired) electrons. The van der Waals surface area contributed by atoms with Crippen LogP contribution in [-0.2, 0) is 19.6 Å². The minimum Gasteiger partial charge on any atom is -0.464 e. The molecule has 0 amide bonds. The van der Waals surface area contributed by atoms with Gasteiger partial charge in [-0.1, -0.05) is 65.7 Å². The van der Waals surface area contributed by atoms with Gasteiger partial charge in [-0.25, -0.2) is 13.2 Å². The van der Waals surface area contributed by atoms with Crippen LogP contribution < -0.4 is 0 Å². The molecule has 2 atom stereocenters. The highest BCUT2D eigenvalue weighted by Crippen LogP contribution is 2.54. The molecule has 184 valence electrons. The van der Waals surface area contributed by atoms with Gasteiger partial charge in [0.1, 0.15) is 6.34 Å². The van der Waals surface area contributed by atoms with Crippen LogP contribution in [0.1, 0.15) is 35.1 Å². The highest BCUT2D eigenvalue weighted by molar-refractivity contribution is 7.89. The van der Waals surface area contributed by atoms with E-state index < -0.39 is 27.4 Å². The second-order valence-corrected chi connectivity index (χ2v) is 11.2. The van der Waals surface area contributed by atoms with Gasteiger partial charge in [0.05, 0.1) is 11.5 Å². The predicted molar refractivity (Wildman–Crippen MR) is 141 cm³/mol. The van der Waals surface area contributed by atoms with Crippen molar-refractivity contribution in [3.63, 3.8) is 0 Å². The maximum atomic E-state index is 13.6. The number of carbonyl (C=O) groups is 1. The fraction of sp³-hybridized carbons (Fsp3) is 0.214. The first-order chi connectivity index (χ1) is 17.3. The third-order valence-electron chi connectivity index (χ3n) is 6.69. The molecule has 3 aromatic rings. The number of fused-ring (bicyclic) bond motifs is 3. The number of hydrogen-bond acceptors (Lipinski definition) is 5. The van der Waals surface area contributed by atoms with E-state index in [-0.39, 0.29) is 18.0 Å². The molecule has 0 N–H and O–H groups in total. The van der Waals surface area contributed by atoms with Gasteiger partial charge >= 0.3 is 5.97 Å². The molecule has 2 aliphatic rings. The zero-order chi connectivity index (χ0) is 25.5. The summed E-state index contributed by atoms with van der Waals surface area (Å²) < 4.78 is 33.8. The maximum absolute atomic E-state index is 13.6. The van der Waals surface area contributed by atoms with Crippen molar-refractivity contribution in [1.82, 2.24) is 4.31 Å². The SMILES string of the molecule is CCOC(=O)C12N=CN(S(=O)(=O)c3ccc(C)cc3)CC1c1ccccc1/C2=C/c1ccc(Cl)cc1. The monoisotopic (exact) mass is 520 g/mol. The van der Waals surface area contributed by atoms with Gasteiger partial charge in [0.25, 0.3) is 10.0 Å². The summed E-state index contributed by atoms with van der Waals surface area (Å²) in [6.45, 7) is 3.87. The van der Waals surface area contributed by atoms with E-state index in [1.54, 1.807) is 43.3 Å². The van der Waals surface area contributed by atoms with Crippen LogP contribution in [0.4, 0.5) is 0 Å². The summed E-state index contributed by atoms with van der Waals surface area (Å²) in [6.07, 6.45) is 3.18. The van der Waals surface area contributed by atoms with E-state index >= 15 is 0 Å². The van der Waals surface area contributed by atoms with E-state index in [0.29, 0.717) is 10.6 Å². The Morgan fingerprint density at radius 1 is 1.11 bits per heavy atom. The molecule has 8 heteroatoms. The highest BCUT2D eigenvalue weighted by Gasteiger charge is 2.59. The number of carbonyl (C=O) groups excluding carboxylic acids is 1. The Balaban J connectivity index is 1.68. The lowest BCUT2D eigenvalue weighted by molar-refractivity contribution is -0.147. The number of halogens is 1. The number of ether oxygens (including phenoxy) is 1. The molecule has 0 spiro atoms. The average molecular weight is 521 g/mol. The summed E-state index contributed by atoms with van der Waals surface area (Å²) in [4.78, 5) is 18.5. The van der Waals surface area contributed by atoms with E-state index in [2.05, 4.69) is 0 Å². The van der Waals surface area contributed by atoms with Gasteiger partial charge in [0, 0.05) is 17.5 Å². The molecule has 36 heavy (non-hydrogen) atoms. The van der Waals surface area contributed by atoms with Crippen molar-refractivity contribution in [3.8, 4) is 0 Å². The Bertz CT molecular complexity index is 1480. The van der Waals surface area contributed by atoms with Crippen LogP contribution >= 0.6 is 11.6 Å². The van der Waals surface area contributed by atoms with Gasteiger partial charge < -0.3 is 4.74 Å². The number of aryl methyl sites for hydroxylation is 1. The lowest BCUT2D eigenvalue weighted by atomic mass is 9.80. The zero-order valence-corrected chi connectivity index (χ0v) is 21.5. The molecule has 6 nitrogen and oxygen atoms in total. The Labute approximate surface area is 215 Å². The summed E-state index contributed by atoms with van der Waals surface area (Å²) in [7, 11) is -3.87.